The largest absolute Gasteiger partial charge is 0.351 e. The molecule has 0 aliphatic rings. The zero-order chi connectivity index (χ0) is 11.0. The summed E-state index contributed by atoms with van der Waals surface area (Å²) in [6.45, 7) is 0. The number of rotatable bonds is 1. The molecule has 1 nitrogen and oxygen atoms in total. The minimum atomic E-state index is 1.26. The van der Waals surface area contributed by atoms with Gasteiger partial charge in [0.2, 0.25) is 0 Å². The third-order valence-electron chi connectivity index (χ3n) is 3.01. The van der Waals surface area contributed by atoms with Crippen LogP contribution in [0.3, 0.4) is 0 Å². The van der Waals surface area contributed by atoms with E-state index in [4.69, 9.17) is 0 Å². The molecule has 0 spiro atoms. The molecule has 0 fully saturated rings. The van der Waals surface area contributed by atoms with E-state index in [2.05, 4.69) is 72.4 Å². The molecule has 0 unspecified atom stereocenters. The van der Waals surface area contributed by atoms with Gasteiger partial charge in [0.1, 0.15) is 0 Å². The van der Waals surface area contributed by atoms with Crippen molar-refractivity contribution in [1.29, 1.82) is 0 Å². The summed E-state index contributed by atoms with van der Waals surface area (Å²) >= 11 is 0. The van der Waals surface area contributed by atoms with Crippen LogP contribution in [-0.2, 0) is 7.05 Å². The number of benzene rings is 2. The van der Waals surface area contributed by atoms with Crippen LogP contribution < -0.4 is 0 Å². The van der Waals surface area contributed by atoms with Crippen LogP contribution in [0.1, 0.15) is 0 Å². The highest BCUT2D eigenvalue weighted by Crippen LogP contribution is 2.28. The van der Waals surface area contributed by atoms with Gasteiger partial charge in [-0.3, -0.25) is 0 Å². The van der Waals surface area contributed by atoms with Crippen LogP contribution >= 0.6 is 0 Å². The van der Waals surface area contributed by atoms with Crippen molar-refractivity contribution in [3.05, 3.63) is 60.8 Å². The van der Waals surface area contributed by atoms with E-state index >= 15 is 0 Å². The van der Waals surface area contributed by atoms with Crippen LogP contribution in [0.5, 0.6) is 0 Å². The summed E-state index contributed by atoms with van der Waals surface area (Å²) in [5.41, 5.74) is 2.56. The van der Waals surface area contributed by atoms with Crippen LogP contribution in [0.4, 0.5) is 0 Å². The van der Waals surface area contributed by atoms with Gasteiger partial charge in [0.25, 0.3) is 0 Å². The Bertz CT molecular complexity index is 629. The Morgan fingerprint density at radius 3 is 2.44 bits per heavy atom. The number of aryl methyl sites for hydroxylation is 1. The Kier molecular flexibility index (Phi) is 2.03. The Morgan fingerprint density at radius 2 is 1.62 bits per heavy atom. The van der Waals surface area contributed by atoms with E-state index in [1.165, 1.54) is 22.0 Å². The van der Waals surface area contributed by atoms with Gasteiger partial charge in [0.15, 0.2) is 0 Å². The highest BCUT2D eigenvalue weighted by atomic mass is 14.9. The highest BCUT2D eigenvalue weighted by Gasteiger charge is 2.04. The SMILES string of the molecule is Cn1cccc1-c1cccc2ccccc12. The first-order chi connectivity index (χ1) is 7.86. The Hall–Kier alpha value is -2.02. The fourth-order valence-electron chi connectivity index (χ4n) is 2.19. The van der Waals surface area contributed by atoms with Crippen LogP contribution in [0.2, 0.25) is 0 Å². The summed E-state index contributed by atoms with van der Waals surface area (Å²) in [7, 11) is 2.08. The van der Waals surface area contributed by atoms with Crippen molar-refractivity contribution in [2.75, 3.05) is 0 Å². The second-order valence-electron chi connectivity index (χ2n) is 4.03. The first-order valence-electron chi connectivity index (χ1n) is 5.46. The maximum atomic E-state index is 2.18. The van der Waals surface area contributed by atoms with E-state index in [0.717, 1.165) is 0 Å². The molecule has 1 heteroatoms. The molecule has 0 amide bonds. The van der Waals surface area contributed by atoms with Crippen molar-refractivity contribution in [3.63, 3.8) is 0 Å². The molecule has 0 atom stereocenters. The van der Waals surface area contributed by atoms with Crippen molar-refractivity contribution in [2.45, 2.75) is 0 Å². The number of aromatic nitrogens is 1. The molecule has 0 bridgehead atoms. The number of fused-ring (bicyclic) bond motifs is 1. The van der Waals surface area contributed by atoms with Crippen molar-refractivity contribution < 1.29 is 0 Å². The summed E-state index contributed by atoms with van der Waals surface area (Å²) in [4.78, 5) is 0. The third-order valence-corrected chi connectivity index (χ3v) is 3.01. The summed E-state index contributed by atoms with van der Waals surface area (Å²) in [6, 6.07) is 19.2. The van der Waals surface area contributed by atoms with Crippen LogP contribution in [0.25, 0.3) is 22.0 Å². The van der Waals surface area contributed by atoms with Gasteiger partial charge >= 0.3 is 0 Å². The molecule has 1 aromatic heterocycles. The molecule has 0 saturated carbocycles. The predicted molar refractivity (Wildman–Crippen MR) is 68.4 cm³/mol. The molecule has 1 heterocycles. The van der Waals surface area contributed by atoms with Crippen LogP contribution in [0.15, 0.2) is 60.8 Å². The van der Waals surface area contributed by atoms with Crippen LogP contribution in [-0.4, -0.2) is 4.57 Å². The molecule has 16 heavy (non-hydrogen) atoms. The summed E-state index contributed by atoms with van der Waals surface area (Å²) < 4.78 is 2.15. The van der Waals surface area contributed by atoms with Gasteiger partial charge in [-0.2, -0.15) is 0 Å². The summed E-state index contributed by atoms with van der Waals surface area (Å²) in [5, 5.41) is 2.60. The van der Waals surface area contributed by atoms with Crippen molar-refractivity contribution in [1.82, 2.24) is 4.57 Å². The van der Waals surface area contributed by atoms with Gasteiger partial charge in [-0.05, 0) is 22.9 Å². The summed E-state index contributed by atoms with van der Waals surface area (Å²) in [6.07, 6.45) is 2.08. The van der Waals surface area contributed by atoms with E-state index in [0.29, 0.717) is 0 Å². The zero-order valence-electron chi connectivity index (χ0n) is 9.22. The van der Waals surface area contributed by atoms with Crippen molar-refractivity contribution in [2.24, 2.45) is 7.05 Å². The van der Waals surface area contributed by atoms with Gasteiger partial charge in [-0.15, -0.1) is 0 Å². The van der Waals surface area contributed by atoms with Gasteiger partial charge in [0, 0.05) is 24.5 Å². The van der Waals surface area contributed by atoms with E-state index < -0.39 is 0 Å². The lowest BCUT2D eigenvalue weighted by Gasteiger charge is -2.07. The van der Waals surface area contributed by atoms with E-state index in [-0.39, 0.29) is 0 Å². The second kappa shape index (κ2) is 3.53. The van der Waals surface area contributed by atoms with E-state index in [1.54, 1.807) is 0 Å². The predicted octanol–water partition coefficient (Wildman–Crippen LogP) is 3.85. The first kappa shape index (κ1) is 9.22. The Labute approximate surface area is 95.0 Å². The normalized spacial score (nSPS) is 10.8. The van der Waals surface area contributed by atoms with Crippen LogP contribution in [0, 0.1) is 0 Å². The third kappa shape index (κ3) is 1.33. The lowest BCUT2D eigenvalue weighted by Crippen LogP contribution is -1.89. The molecule has 0 aliphatic heterocycles. The number of hydrogen-bond acceptors (Lipinski definition) is 0. The fraction of sp³-hybridized carbons (Fsp3) is 0.0667. The average molecular weight is 207 g/mol. The Balaban J connectivity index is 2.36. The molecule has 3 aromatic rings. The van der Waals surface area contributed by atoms with Gasteiger partial charge < -0.3 is 4.57 Å². The molecular weight excluding hydrogens is 194 g/mol. The maximum Gasteiger partial charge on any atom is 0.0483 e. The van der Waals surface area contributed by atoms with Gasteiger partial charge in [-0.25, -0.2) is 0 Å². The average Bonchev–Trinajstić information content (AvgIpc) is 2.75. The lowest BCUT2D eigenvalue weighted by atomic mass is 10.0. The number of nitrogens with zero attached hydrogens (tertiary/aromatic N) is 1. The van der Waals surface area contributed by atoms with E-state index in [9.17, 15) is 0 Å². The molecular formula is C15H13N. The maximum absolute atomic E-state index is 2.18. The number of hydrogen-bond donors (Lipinski definition) is 0. The van der Waals surface area contributed by atoms with E-state index in [1.807, 2.05) is 0 Å². The molecule has 0 N–H and O–H groups in total. The molecule has 0 aliphatic carbocycles. The molecule has 0 radical (unpaired) electrons. The van der Waals surface area contributed by atoms with Crippen molar-refractivity contribution in [3.8, 4) is 11.3 Å². The highest BCUT2D eigenvalue weighted by molar-refractivity contribution is 5.95. The minimum absolute atomic E-state index is 1.26. The smallest absolute Gasteiger partial charge is 0.0483 e. The standard InChI is InChI=1S/C15H13N/c1-16-11-5-10-15(16)14-9-4-7-12-6-2-3-8-13(12)14/h2-11H,1H3. The summed E-state index contributed by atoms with van der Waals surface area (Å²) in [5.74, 6) is 0. The lowest BCUT2D eigenvalue weighted by molar-refractivity contribution is 0.938. The quantitative estimate of drug-likeness (QED) is 0.571. The zero-order valence-corrected chi connectivity index (χ0v) is 9.22. The molecule has 3 rings (SSSR count). The fourth-order valence-corrected chi connectivity index (χ4v) is 2.19. The monoisotopic (exact) mass is 207 g/mol. The first-order valence-corrected chi connectivity index (χ1v) is 5.46. The van der Waals surface area contributed by atoms with Crippen molar-refractivity contribution >= 4 is 10.8 Å². The molecule has 78 valence electrons. The molecule has 2 aromatic carbocycles. The molecule has 0 saturated heterocycles. The minimum Gasteiger partial charge on any atom is -0.351 e. The van der Waals surface area contributed by atoms with Gasteiger partial charge in [0.05, 0.1) is 0 Å². The topological polar surface area (TPSA) is 4.93 Å². The second-order valence-corrected chi connectivity index (χ2v) is 4.03. The van der Waals surface area contributed by atoms with Gasteiger partial charge in [-0.1, -0.05) is 42.5 Å². The Morgan fingerprint density at radius 1 is 0.812 bits per heavy atom.